The van der Waals surface area contributed by atoms with E-state index in [0.717, 1.165) is 19.5 Å². The minimum Gasteiger partial charge on any atom is -0.383 e. The number of hydrogen-bond acceptors (Lipinski definition) is 2. The van der Waals surface area contributed by atoms with Crippen LogP contribution in [0.25, 0.3) is 0 Å². The van der Waals surface area contributed by atoms with Gasteiger partial charge in [-0.05, 0) is 20.3 Å². The van der Waals surface area contributed by atoms with E-state index in [4.69, 9.17) is 4.74 Å². The Labute approximate surface area is 86.6 Å². The summed E-state index contributed by atoms with van der Waals surface area (Å²) in [6.45, 7) is 8.04. The highest BCUT2D eigenvalue weighted by Crippen LogP contribution is 1.95. The lowest BCUT2D eigenvalue weighted by molar-refractivity contribution is 0.154. The number of methoxy groups -OCH3 is 1. The van der Waals surface area contributed by atoms with Gasteiger partial charge in [-0.3, -0.25) is 0 Å². The molecule has 0 saturated heterocycles. The van der Waals surface area contributed by atoms with Crippen molar-refractivity contribution < 1.29 is 9.53 Å². The molecule has 1 N–H and O–H groups in total. The van der Waals surface area contributed by atoms with Crippen LogP contribution in [-0.2, 0) is 4.74 Å². The molecule has 0 spiro atoms. The Bertz CT molecular complexity index is 158. The molecule has 0 aromatic rings. The van der Waals surface area contributed by atoms with Crippen LogP contribution >= 0.6 is 0 Å². The molecule has 0 aromatic heterocycles. The first kappa shape index (κ1) is 13.2. The summed E-state index contributed by atoms with van der Waals surface area (Å²) < 4.78 is 5.01. The van der Waals surface area contributed by atoms with Crippen molar-refractivity contribution in [2.24, 2.45) is 0 Å². The molecule has 0 saturated carbocycles. The highest BCUT2D eigenvalue weighted by molar-refractivity contribution is 5.74. The van der Waals surface area contributed by atoms with E-state index in [9.17, 15) is 4.79 Å². The van der Waals surface area contributed by atoms with Crippen LogP contribution in [0.3, 0.4) is 0 Å². The summed E-state index contributed by atoms with van der Waals surface area (Å²) in [6, 6.07) is 0.118. The summed E-state index contributed by atoms with van der Waals surface area (Å²) in [6.07, 6.45) is 0.890. The van der Waals surface area contributed by atoms with Crippen LogP contribution in [-0.4, -0.2) is 43.8 Å². The molecular formula is C10H22N2O2. The molecule has 0 aliphatic heterocycles. The molecular weight excluding hydrogens is 180 g/mol. The molecule has 0 aromatic carbocycles. The first-order chi connectivity index (χ1) is 6.69. The molecule has 14 heavy (non-hydrogen) atoms. The van der Waals surface area contributed by atoms with E-state index in [1.54, 1.807) is 12.0 Å². The molecule has 4 heteroatoms. The highest BCUT2D eigenvalue weighted by Gasteiger charge is 2.13. The van der Waals surface area contributed by atoms with E-state index < -0.39 is 0 Å². The number of nitrogens with one attached hydrogen (secondary N) is 1. The number of rotatable bonds is 6. The number of amides is 2. The molecule has 4 nitrogen and oxygen atoms in total. The number of carbonyl (C=O) groups excluding carboxylic acids is 1. The predicted octanol–water partition coefficient (Wildman–Crippen LogP) is 1.46. The second-order valence-corrected chi connectivity index (χ2v) is 3.18. The minimum absolute atomic E-state index is 0.00102. The van der Waals surface area contributed by atoms with Gasteiger partial charge in [-0.25, -0.2) is 4.79 Å². The summed E-state index contributed by atoms with van der Waals surface area (Å²) in [7, 11) is 1.65. The Hall–Kier alpha value is -0.770. The molecule has 84 valence electrons. The average molecular weight is 202 g/mol. The molecule has 0 rings (SSSR count). The molecule has 0 bridgehead atoms. The summed E-state index contributed by atoms with van der Waals surface area (Å²) in [4.78, 5) is 13.4. The van der Waals surface area contributed by atoms with Crippen molar-refractivity contribution in [2.75, 3.05) is 26.8 Å². The van der Waals surface area contributed by atoms with Gasteiger partial charge in [0.05, 0.1) is 12.6 Å². The van der Waals surface area contributed by atoms with E-state index in [1.165, 1.54) is 0 Å². The van der Waals surface area contributed by atoms with Gasteiger partial charge in [0.2, 0.25) is 0 Å². The van der Waals surface area contributed by atoms with E-state index in [2.05, 4.69) is 5.32 Å². The maximum atomic E-state index is 11.6. The quantitative estimate of drug-likeness (QED) is 0.708. The molecule has 1 unspecified atom stereocenters. The predicted molar refractivity (Wildman–Crippen MR) is 57.4 cm³/mol. The Morgan fingerprint density at radius 3 is 2.29 bits per heavy atom. The van der Waals surface area contributed by atoms with Crippen LogP contribution in [0, 0.1) is 0 Å². The van der Waals surface area contributed by atoms with Gasteiger partial charge in [0.15, 0.2) is 0 Å². The maximum absolute atomic E-state index is 11.6. The van der Waals surface area contributed by atoms with Crippen molar-refractivity contribution in [2.45, 2.75) is 33.2 Å². The van der Waals surface area contributed by atoms with Gasteiger partial charge in [-0.15, -0.1) is 0 Å². The fourth-order valence-corrected chi connectivity index (χ4v) is 1.24. The van der Waals surface area contributed by atoms with E-state index >= 15 is 0 Å². The third-order valence-electron chi connectivity index (χ3n) is 2.24. The lowest BCUT2D eigenvalue weighted by Crippen LogP contribution is -2.46. The normalized spacial score (nSPS) is 12.3. The number of ether oxygens (including phenoxy) is 1. The van der Waals surface area contributed by atoms with Crippen molar-refractivity contribution in [1.29, 1.82) is 0 Å². The lowest BCUT2D eigenvalue weighted by atomic mass is 10.2. The second-order valence-electron chi connectivity index (χ2n) is 3.18. The van der Waals surface area contributed by atoms with Gasteiger partial charge in [0, 0.05) is 20.2 Å². The third kappa shape index (κ3) is 4.46. The Balaban J connectivity index is 3.99. The first-order valence-electron chi connectivity index (χ1n) is 5.23. The molecule has 2 amide bonds. The average Bonchev–Trinajstić information content (AvgIpc) is 2.19. The molecule has 1 atom stereocenters. The fourth-order valence-electron chi connectivity index (χ4n) is 1.24. The summed E-state index contributed by atoms with van der Waals surface area (Å²) in [5.74, 6) is 0. The largest absolute Gasteiger partial charge is 0.383 e. The number of nitrogens with zero attached hydrogens (tertiary/aromatic N) is 1. The topological polar surface area (TPSA) is 41.6 Å². The summed E-state index contributed by atoms with van der Waals surface area (Å²) >= 11 is 0. The lowest BCUT2D eigenvalue weighted by Gasteiger charge is -2.23. The van der Waals surface area contributed by atoms with E-state index in [1.807, 2.05) is 20.8 Å². The van der Waals surface area contributed by atoms with Crippen LogP contribution in [0.1, 0.15) is 27.2 Å². The van der Waals surface area contributed by atoms with Crippen molar-refractivity contribution in [3.05, 3.63) is 0 Å². The zero-order chi connectivity index (χ0) is 11.0. The molecule has 0 aliphatic rings. The minimum atomic E-state index is -0.00102. The standard InChI is InChI=1S/C10H22N2O2/c1-5-9(8-14-4)11-10(13)12(6-2)7-3/h9H,5-8H2,1-4H3,(H,11,13). The summed E-state index contributed by atoms with van der Waals surface area (Å²) in [5, 5.41) is 2.93. The highest BCUT2D eigenvalue weighted by atomic mass is 16.5. The van der Waals surface area contributed by atoms with Gasteiger partial charge >= 0.3 is 6.03 Å². The third-order valence-corrected chi connectivity index (χ3v) is 2.24. The van der Waals surface area contributed by atoms with Crippen molar-refractivity contribution in [3.8, 4) is 0 Å². The number of carbonyl (C=O) groups is 1. The van der Waals surface area contributed by atoms with E-state index in [-0.39, 0.29) is 12.1 Å². The van der Waals surface area contributed by atoms with Crippen LogP contribution in [0.4, 0.5) is 4.79 Å². The molecule has 0 aliphatic carbocycles. The summed E-state index contributed by atoms with van der Waals surface area (Å²) in [5.41, 5.74) is 0. The van der Waals surface area contributed by atoms with Crippen LogP contribution in [0.5, 0.6) is 0 Å². The van der Waals surface area contributed by atoms with Crippen LogP contribution in [0.15, 0.2) is 0 Å². The van der Waals surface area contributed by atoms with Gasteiger partial charge in [-0.2, -0.15) is 0 Å². The number of hydrogen-bond donors (Lipinski definition) is 1. The van der Waals surface area contributed by atoms with Crippen molar-refractivity contribution in [3.63, 3.8) is 0 Å². The molecule has 0 heterocycles. The first-order valence-corrected chi connectivity index (χ1v) is 5.23. The maximum Gasteiger partial charge on any atom is 0.317 e. The SMILES string of the molecule is CCC(COC)NC(=O)N(CC)CC. The van der Waals surface area contributed by atoms with Crippen LogP contribution < -0.4 is 5.32 Å². The Kier molecular flexibility index (Phi) is 7.20. The molecule has 0 fully saturated rings. The van der Waals surface area contributed by atoms with Gasteiger partial charge in [0.25, 0.3) is 0 Å². The van der Waals surface area contributed by atoms with Crippen molar-refractivity contribution in [1.82, 2.24) is 10.2 Å². The number of urea groups is 1. The van der Waals surface area contributed by atoms with Crippen LogP contribution in [0.2, 0.25) is 0 Å². The monoisotopic (exact) mass is 202 g/mol. The molecule has 0 radical (unpaired) electrons. The smallest absolute Gasteiger partial charge is 0.317 e. The Morgan fingerprint density at radius 2 is 1.93 bits per heavy atom. The zero-order valence-electron chi connectivity index (χ0n) is 9.67. The van der Waals surface area contributed by atoms with Gasteiger partial charge in [-0.1, -0.05) is 6.92 Å². The second kappa shape index (κ2) is 7.62. The van der Waals surface area contributed by atoms with Crippen molar-refractivity contribution >= 4 is 6.03 Å². The van der Waals surface area contributed by atoms with E-state index in [0.29, 0.717) is 6.61 Å². The fraction of sp³-hybridized carbons (Fsp3) is 0.900. The van der Waals surface area contributed by atoms with Gasteiger partial charge in [0.1, 0.15) is 0 Å². The van der Waals surface area contributed by atoms with Gasteiger partial charge < -0.3 is 15.0 Å². The Morgan fingerprint density at radius 1 is 1.36 bits per heavy atom. The zero-order valence-corrected chi connectivity index (χ0v) is 9.67.